The molecule has 0 bridgehead atoms. The van der Waals surface area contributed by atoms with Crippen molar-refractivity contribution in [3.05, 3.63) is 11.1 Å². The maximum atomic E-state index is 12.0. The Morgan fingerprint density at radius 2 is 2.14 bits per heavy atom. The molecule has 2 amide bonds. The van der Waals surface area contributed by atoms with E-state index in [0.29, 0.717) is 18.9 Å². The summed E-state index contributed by atoms with van der Waals surface area (Å²) in [5, 5.41) is 5.72. The highest BCUT2D eigenvalue weighted by molar-refractivity contribution is 7.14. The van der Waals surface area contributed by atoms with Crippen molar-refractivity contribution in [2.45, 2.75) is 57.4 Å². The van der Waals surface area contributed by atoms with Gasteiger partial charge in [-0.3, -0.25) is 14.5 Å². The van der Waals surface area contributed by atoms with Gasteiger partial charge < -0.3 is 5.32 Å². The molecule has 0 atom stereocenters. The Kier molecular flexibility index (Phi) is 4.53. The van der Waals surface area contributed by atoms with Crippen LogP contribution in [0.15, 0.2) is 5.38 Å². The summed E-state index contributed by atoms with van der Waals surface area (Å²) in [6.45, 7) is 0.750. The van der Waals surface area contributed by atoms with Gasteiger partial charge in [-0.05, 0) is 19.3 Å². The Balaban J connectivity index is 1.54. The molecule has 1 aromatic rings. The van der Waals surface area contributed by atoms with Gasteiger partial charge in [0.1, 0.15) is 0 Å². The van der Waals surface area contributed by atoms with Crippen molar-refractivity contribution in [3.8, 4) is 0 Å². The standard InChI is InChI=1S/C15H21N3O2S/c19-13(16-11-5-2-1-3-6-11)9-12-10-21-15(17-12)18-8-4-7-14(18)20/h10-11H,1-9H2,(H,16,19). The van der Waals surface area contributed by atoms with E-state index < -0.39 is 0 Å². The minimum atomic E-state index is 0.0477. The molecule has 5 nitrogen and oxygen atoms in total. The zero-order valence-corrected chi connectivity index (χ0v) is 13.0. The lowest BCUT2D eigenvalue weighted by Gasteiger charge is -2.22. The molecule has 0 unspecified atom stereocenters. The molecule has 2 fully saturated rings. The van der Waals surface area contributed by atoms with Crippen LogP contribution in [-0.2, 0) is 16.0 Å². The summed E-state index contributed by atoms with van der Waals surface area (Å²) in [5.41, 5.74) is 0.767. The zero-order chi connectivity index (χ0) is 14.7. The summed E-state index contributed by atoms with van der Waals surface area (Å²) >= 11 is 1.45. The highest BCUT2D eigenvalue weighted by atomic mass is 32.1. The lowest BCUT2D eigenvalue weighted by molar-refractivity contribution is -0.121. The first-order valence-corrected chi connectivity index (χ1v) is 8.64. The third-order valence-corrected chi connectivity index (χ3v) is 5.07. The normalized spacial score (nSPS) is 20.0. The summed E-state index contributed by atoms with van der Waals surface area (Å²) in [4.78, 5) is 29.9. The van der Waals surface area contributed by atoms with Crippen molar-refractivity contribution in [3.63, 3.8) is 0 Å². The Bertz CT molecular complexity index is 523. The quantitative estimate of drug-likeness (QED) is 0.928. The van der Waals surface area contributed by atoms with Crippen LogP contribution < -0.4 is 10.2 Å². The number of thiazole rings is 1. The van der Waals surface area contributed by atoms with Gasteiger partial charge in [-0.2, -0.15) is 0 Å². The molecule has 2 aliphatic rings. The Morgan fingerprint density at radius 1 is 1.33 bits per heavy atom. The Morgan fingerprint density at radius 3 is 2.86 bits per heavy atom. The van der Waals surface area contributed by atoms with Crippen LogP contribution in [0.4, 0.5) is 5.13 Å². The molecule has 2 heterocycles. The molecular weight excluding hydrogens is 286 g/mol. The van der Waals surface area contributed by atoms with Gasteiger partial charge in [0.15, 0.2) is 5.13 Å². The van der Waals surface area contributed by atoms with Crippen molar-refractivity contribution < 1.29 is 9.59 Å². The number of amides is 2. The van der Waals surface area contributed by atoms with Gasteiger partial charge in [-0.15, -0.1) is 11.3 Å². The monoisotopic (exact) mass is 307 g/mol. The topological polar surface area (TPSA) is 62.3 Å². The van der Waals surface area contributed by atoms with Gasteiger partial charge in [0, 0.05) is 24.4 Å². The van der Waals surface area contributed by atoms with Crippen LogP contribution in [0, 0.1) is 0 Å². The van der Waals surface area contributed by atoms with E-state index in [4.69, 9.17) is 0 Å². The molecule has 1 aliphatic heterocycles. The van der Waals surface area contributed by atoms with E-state index in [2.05, 4.69) is 10.3 Å². The Labute approximate surface area is 128 Å². The third-order valence-electron chi connectivity index (χ3n) is 4.16. The van der Waals surface area contributed by atoms with Crippen molar-refractivity contribution in [2.24, 2.45) is 0 Å². The van der Waals surface area contributed by atoms with Crippen LogP contribution >= 0.6 is 11.3 Å². The van der Waals surface area contributed by atoms with E-state index in [9.17, 15) is 9.59 Å². The molecule has 1 aliphatic carbocycles. The molecule has 0 spiro atoms. The molecule has 6 heteroatoms. The molecule has 21 heavy (non-hydrogen) atoms. The van der Waals surface area contributed by atoms with Crippen molar-refractivity contribution in [2.75, 3.05) is 11.4 Å². The van der Waals surface area contributed by atoms with Crippen molar-refractivity contribution in [1.29, 1.82) is 0 Å². The number of hydrogen-bond donors (Lipinski definition) is 1. The largest absolute Gasteiger partial charge is 0.353 e. The van der Waals surface area contributed by atoms with Gasteiger partial charge in [0.05, 0.1) is 12.1 Å². The number of aromatic nitrogens is 1. The second-order valence-electron chi connectivity index (χ2n) is 5.85. The van der Waals surface area contributed by atoms with E-state index in [1.165, 1.54) is 30.6 Å². The maximum absolute atomic E-state index is 12.0. The first-order valence-electron chi connectivity index (χ1n) is 7.76. The minimum absolute atomic E-state index is 0.0477. The summed E-state index contributed by atoms with van der Waals surface area (Å²) in [7, 11) is 0. The van der Waals surface area contributed by atoms with Crippen LogP contribution in [-0.4, -0.2) is 29.4 Å². The highest BCUT2D eigenvalue weighted by Gasteiger charge is 2.24. The fourth-order valence-corrected chi connectivity index (χ4v) is 3.91. The Hall–Kier alpha value is -1.43. The molecule has 1 saturated heterocycles. The number of carbonyl (C=O) groups is 2. The summed E-state index contributed by atoms with van der Waals surface area (Å²) in [6.07, 6.45) is 7.71. The number of carbonyl (C=O) groups excluding carboxylic acids is 2. The molecule has 0 aromatic carbocycles. The van der Waals surface area contributed by atoms with Crippen LogP contribution in [0.25, 0.3) is 0 Å². The summed E-state index contributed by atoms with van der Waals surface area (Å²) in [6, 6.07) is 0.338. The van der Waals surface area contributed by atoms with Crippen LogP contribution in [0.3, 0.4) is 0 Å². The first-order chi connectivity index (χ1) is 10.2. The van der Waals surface area contributed by atoms with Gasteiger partial charge in [0.25, 0.3) is 0 Å². The molecular formula is C15H21N3O2S. The molecule has 1 N–H and O–H groups in total. The lowest BCUT2D eigenvalue weighted by atomic mass is 9.95. The van der Waals surface area contributed by atoms with Gasteiger partial charge in [0.2, 0.25) is 11.8 Å². The lowest BCUT2D eigenvalue weighted by Crippen LogP contribution is -2.37. The van der Waals surface area contributed by atoms with Gasteiger partial charge >= 0.3 is 0 Å². The van der Waals surface area contributed by atoms with Crippen molar-refractivity contribution >= 4 is 28.3 Å². The van der Waals surface area contributed by atoms with Crippen LogP contribution in [0.2, 0.25) is 0 Å². The zero-order valence-electron chi connectivity index (χ0n) is 12.1. The van der Waals surface area contributed by atoms with Crippen LogP contribution in [0.5, 0.6) is 0 Å². The summed E-state index contributed by atoms with van der Waals surface area (Å²) < 4.78 is 0. The average Bonchev–Trinajstić information content (AvgIpc) is 3.08. The predicted octanol–water partition coefficient (Wildman–Crippen LogP) is 2.26. The average molecular weight is 307 g/mol. The maximum Gasteiger partial charge on any atom is 0.228 e. The fraction of sp³-hybridized carbons (Fsp3) is 0.667. The number of hydrogen-bond acceptors (Lipinski definition) is 4. The second kappa shape index (κ2) is 6.56. The molecule has 3 rings (SSSR count). The molecule has 0 radical (unpaired) electrons. The first kappa shape index (κ1) is 14.5. The van der Waals surface area contributed by atoms with E-state index in [-0.39, 0.29) is 11.8 Å². The number of rotatable bonds is 4. The van der Waals surface area contributed by atoms with Gasteiger partial charge in [-0.25, -0.2) is 4.98 Å². The van der Waals surface area contributed by atoms with E-state index in [1.807, 2.05) is 5.38 Å². The number of anilines is 1. The minimum Gasteiger partial charge on any atom is -0.353 e. The van der Waals surface area contributed by atoms with E-state index in [0.717, 1.165) is 36.6 Å². The van der Waals surface area contributed by atoms with E-state index in [1.54, 1.807) is 4.90 Å². The summed E-state index contributed by atoms with van der Waals surface area (Å²) in [5.74, 6) is 0.189. The second-order valence-corrected chi connectivity index (χ2v) is 6.69. The van der Waals surface area contributed by atoms with E-state index >= 15 is 0 Å². The fourth-order valence-electron chi connectivity index (χ4n) is 3.04. The number of nitrogens with one attached hydrogen (secondary N) is 1. The molecule has 1 aromatic heterocycles. The van der Waals surface area contributed by atoms with Gasteiger partial charge in [-0.1, -0.05) is 19.3 Å². The smallest absolute Gasteiger partial charge is 0.228 e. The SMILES string of the molecule is O=C(Cc1csc(N2CCCC2=O)n1)NC1CCCCC1. The van der Waals surface area contributed by atoms with Crippen molar-refractivity contribution in [1.82, 2.24) is 10.3 Å². The van der Waals surface area contributed by atoms with Crippen LogP contribution in [0.1, 0.15) is 50.6 Å². The molecule has 1 saturated carbocycles. The predicted molar refractivity (Wildman–Crippen MR) is 82.4 cm³/mol. The molecule has 114 valence electrons. The highest BCUT2D eigenvalue weighted by Crippen LogP contribution is 2.25. The third kappa shape index (κ3) is 3.61. The number of nitrogens with zero attached hydrogens (tertiary/aromatic N) is 2.